The van der Waals surface area contributed by atoms with Crippen LogP contribution in [0.25, 0.3) is 0 Å². The number of hydrogen-bond donors (Lipinski definition) is 1. The summed E-state index contributed by atoms with van der Waals surface area (Å²) in [6, 6.07) is 9.63. The maximum atomic E-state index is 13.3. The molecule has 104 valence electrons. The van der Waals surface area contributed by atoms with E-state index in [9.17, 15) is 9.18 Å². The average Bonchev–Trinajstić information content (AvgIpc) is 2.35. The summed E-state index contributed by atoms with van der Waals surface area (Å²) in [5, 5.41) is 9.15. The normalized spacial score (nSPS) is 10.6. The van der Waals surface area contributed by atoms with Crippen LogP contribution in [0.4, 0.5) is 4.39 Å². The first-order valence-corrected chi connectivity index (χ1v) is 8.13. The SMILES string of the molecule is O=C(O)c1ccc(Br)cc1SCc1cc(F)cc(Br)c1. The second kappa shape index (κ2) is 6.74. The molecule has 2 nitrogen and oxygen atoms in total. The summed E-state index contributed by atoms with van der Waals surface area (Å²) in [4.78, 5) is 11.8. The van der Waals surface area contributed by atoms with Crippen molar-refractivity contribution in [3.63, 3.8) is 0 Å². The highest BCUT2D eigenvalue weighted by Crippen LogP contribution is 2.30. The molecule has 0 aliphatic rings. The lowest BCUT2D eigenvalue weighted by Gasteiger charge is -2.07. The van der Waals surface area contributed by atoms with Gasteiger partial charge >= 0.3 is 5.97 Å². The van der Waals surface area contributed by atoms with Crippen LogP contribution in [0.3, 0.4) is 0 Å². The van der Waals surface area contributed by atoms with Gasteiger partial charge in [-0.2, -0.15) is 0 Å². The Morgan fingerprint density at radius 2 is 1.90 bits per heavy atom. The van der Waals surface area contributed by atoms with E-state index in [1.165, 1.54) is 23.9 Å². The van der Waals surface area contributed by atoms with Crippen LogP contribution in [0.15, 0.2) is 50.2 Å². The summed E-state index contributed by atoms with van der Waals surface area (Å²) in [6.45, 7) is 0. The van der Waals surface area contributed by atoms with Gasteiger partial charge in [0.1, 0.15) is 5.82 Å². The van der Waals surface area contributed by atoms with Gasteiger partial charge in [-0.1, -0.05) is 31.9 Å². The molecule has 0 atom stereocenters. The van der Waals surface area contributed by atoms with Crippen molar-refractivity contribution in [1.29, 1.82) is 0 Å². The predicted molar refractivity (Wildman–Crippen MR) is 84.8 cm³/mol. The summed E-state index contributed by atoms with van der Waals surface area (Å²) in [6.07, 6.45) is 0. The topological polar surface area (TPSA) is 37.3 Å². The highest BCUT2D eigenvalue weighted by molar-refractivity contribution is 9.10. The molecule has 2 aromatic rings. The molecule has 6 heteroatoms. The zero-order valence-corrected chi connectivity index (χ0v) is 14.1. The van der Waals surface area contributed by atoms with E-state index < -0.39 is 5.97 Å². The Morgan fingerprint density at radius 1 is 1.15 bits per heavy atom. The average molecular weight is 420 g/mol. The van der Waals surface area contributed by atoms with Gasteiger partial charge in [0, 0.05) is 19.6 Å². The lowest BCUT2D eigenvalue weighted by atomic mass is 10.2. The zero-order chi connectivity index (χ0) is 14.7. The second-order valence-corrected chi connectivity index (χ2v) is 6.86. The Hall–Kier alpha value is -0.850. The molecule has 0 heterocycles. The predicted octanol–water partition coefficient (Wildman–Crippen LogP) is 5.34. The molecule has 0 fully saturated rings. The number of hydrogen-bond acceptors (Lipinski definition) is 2. The fourth-order valence-corrected chi connectivity index (χ4v) is 3.68. The lowest BCUT2D eigenvalue weighted by Crippen LogP contribution is -1.98. The van der Waals surface area contributed by atoms with Crippen molar-refractivity contribution >= 4 is 49.6 Å². The number of benzene rings is 2. The van der Waals surface area contributed by atoms with E-state index in [2.05, 4.69) is 31.9 Å². The van der Waals surface area contributed by atoms with E-state index in [-0.39, 0.29) is 11.4 Å². The molecule has 0 saturated heterocycles. The summed E-state index contributed by atoms with van der Waals surface area (Å²) >= 11 is 7.92. The molecular formula is C14H9Br2FO2S. The summed E-state index contributed by atoms with van der Waals surface area (Å²) in [5.74, 6) is -0.796. The van der Waals surface area contributed by atoms with E-state index in [1.807, 2.05) is 6.07 Å². The number of carbonyl (C=O) groups is 1. The van der Waals surface area contributed by atoms with Crippen LogP contribution >= 0.6 is 43.6 Å². The minimum atomic E-state index is -0.972. The zero-order valence-electron chi connectivity index (χ0n) is 10.1. The number of halogens is 3. The van der Waals surface area contributed by atoms with Crippen LogP contribution in [-0.2, 0) is 5.75 Å². The lowest BCUT2D eigenvalue weighted by molar-refractivity contribution is 0.0693. The van der Waals surface area contributed by atoms with Gasteiger partial charge in [-0.05, 0) is 42.0 Å². The fourth-order valence-electron chi connectivity index (χ4n) is 1.65. The van der Waals surface area contributed by atoms with Crippen molar-refractivity contribution in [2.75, 3.05) is 0 Å². The Morgan fingerprint density at radius 3 is 2.55 bits per heavy atom. The maximum absolute atomic E-state index is 13.3. The van der Waals surface area contributed by atoms with E-state index >= 15 is 0 Å². The van der Waals surface area contributed by atoms with Gasteiger partial charge in [-0.25, -0.2) is 9.18 Å². The van der Waals surface area contributed by atoms with E-state index in [0.29, 0.717) is 15.1 Å². The quantitative estimate of drug-likeness (QED) is 0.679. The standard InChI is InChI=1S/C14H9Br2FO2S/c15-9-1-2-12(14(18)19)13(6-9)20-7-8-3-10(16)5-11(17)4-8/h1-6H,7H2,(H,18,19). The van der Waals surface area contributed by atoms with Crippen LogP contribution in [0.1, 0.15) is 15.9 Å². The molecule has 0 saturated carbocycles. The van der Waals surface area contributed by atoms with Crippen molar-refractivity contribution in [1.82, 2.24) is 0 Å². The Kier molecular flexibility index (Phi) is 5.23. The molecule has 0 bridgehead atoms. The first-order valence-electron chi connectivity index (χ1n) is 5.56. The first kappa shape index (κ1) is 15.5. The monoisotopic (exact) mass is 418 g/mol. The van der Waals surface area contributed by atoms with Crippen molar-refractivity contribution in [3.8, 4) is 0 Å². The number of rotatable bonds is 4. The van der Waals surface area contributed by atoms with Crippen molar-refractivity contribution in [2.45, 2.75) is 10.6 Å². The van der Waals surface area contributed by atoms with Crippen LogP contribution in [0.5, 0.6) is 0 Å². The Balaban J connectivity index is 2.22. The molecule has 1 N–H and O–H groups in total. The molecule has 0 aromatic heterocycles. The second-order valence-electron chi connectivity index (χ2n) is 4.01. The third kappa shape index (κ3) is 4.07. The fraction of sp³-hybridized carbons (Fsp3) is 0.0714. The molecule has 0 unspecified atom stereocenters. The molecule has 0 radical (unpaired) electrons. The van der Waals surface area contributed by atoms with Gasteiger partial charge in [-0.15, -0.1) is 11.8 Å². The van der Waals surface area contributed by atoms with Crippen LogP contribution in [0, 0.1) is 5.82 Å². The number of aromatic carboxylic acids is 1. The third-order valence-electron chi connectivity index (χ3n) is 2.49. The van der Waals surface area contributed by atoms with E-state index in [4.69, 9.17) is 5.11 Å². The van der Waals surface area contributed by atoms with E-state index in [1.54, 1.807) is 18.2 Å². The van der Waals surface area contributed by atoms with Crippen molar-refractivity contribution in [3.05, 3.63) is 62.3 Å². The van der Waals surface area contributed by atoms with E-state index in [0.717, 1.165) is 10.0 Å². The highest BCUT2D eigenvalue weighted by Gasteiger charge is 2.11. The Bertz CT molecular complexity index is 641. The number of carboxylic acids is 1. The van der Waals surface area contributed by atoms with Gasteiger partial charge in [0.2, 0.25) is 0 Å². The third-order valence-corrected chi connectivity index (χ3v) is 4.57. The summed E-state index contributed by atoms with van der Waals surface area (Å²) in [7, 11) is 0. The molecule has 0 spiro atoms. The summed E-state index contributed by atoms with van der Waals surface area (Å²) in [5.41, 5.74) is 1.03. The minimum absolute atomic E-state index is 0.244. The van der Waals surface area contributed by atoms with Crippen LogP contribution in [0.2, 0.25) is 0 Å². The molecule has 20 heavy (non-hydrogen) atoms. The summed E-state index contributed by atoms with van der Waals surface area (Å²) < 4.78 is 14.8. The largest absolute Gasteiger partial charge is 0.478 e. The number of thioether (sulfide) groups is 1. The first-order chi connectivity index (χ1) is 9.45. The minimum Gasteiger partial charge on any atom is -0.478 e. The van der Waals surface area contributed by atoms with Gasteiger partial charge in [0.25, 0.3) is 0 Å². The Labute approximate surface area is 136 Å². The molecule has 2 aromatic carbocycles. The highest BCUT2D eigenvalue weighted by atomic mass is 79.9. The smallest absolute Gasteiger partial charge is 0.336 e. The molecule has 2 rings (SSSR count). The molecule has 0 amide bonds. The van der Waals surface area contributed by atoms with Gasteiger partial charge in [0.05, 0.1) is 5.56 Å². The molecular weight excluding hydrogens is 411 g/mol. The maximum Gasteiger partial charge on any atom is 0.336 e. The van der Waals surface area contributed by atoms with Gasteiger partial charge in [0.15, 0.2) is 0 Å². The van der Waals surface area contributed by atoms with Crippen molar-refractivity contribution in [2.24, 2.45) is 0 Å². The molecule has 0 aliphatic heterocycles. The van der Waals surface area contributed by atoms with Crippen LogP contribution in [-0.4, -0.2) is 11.1 Å². The van der Waals surface area contributed by atoms with Crippen LogP contribution < -0.4 is 0 Å². The number of carboxylic acid groups (broad SMARTS) is 1. The van der Waals surface area contributed by atoms with Gasteiger partial charge in [-0.3, -0.25) is 0 Å². The van der Waals surface area contributed by atoms with Gasteiger partial charge < -0.3 is 5.11 Å². The van der Waals surface area contributed by atoms with Crippen molar-refractivity contribution < 1.29 is 14.3 Å². The molecule has 0 aliphatic carbocycles.